The van der Waals surface area contributed by atoms with Crippen molar-refractivity contribution >= 4 is 32.9 Å². The van der Waals surface area contributed by atoms with E-state index in [2.05, 4.69) is 155 Å². The molecule has 0 saturated carbocycles. The van der Waals surface area contributed by atoms with Crippen LogP contribution in [0.3, 0.4) is 0 Å². The van der Waals surface area contributed by atoms with Crippen LogP contribution in [0.4, 0.5) is 11.4 Å². The van der Waals surface area contributed by atoms with Crippen molar-refractivity contribution in [1.29, 1.82) is 0 Å². The highest BCUT2D eigenvalue weighted by Gasteiger charge is 2.37. The van der Waals surface area contributed by atoms with Gasteiger partial charge in [-0.15, -0.1) is 0 Å². The van der Waals surface area contributed by atoms with E-state index in [-0.39, 0.29) is 10.8 Å². The standard InChI is InChI=1S/C39H35N/c1-38(2,3)26-17-19-27(20-18-26)40-28-21-22-33-35(23-28)39(4,5)36-24-34(31-14-8-9-15-32(31)37(33)36)30-16-10-12-25-11-6-7-13-29(25)30/h6-24,40H,1-5H3. The van der Waals surface area contributed by atoms with Crippen LogP contribution in [-0.2, 0) is 10.8 Å². The molecule has 0 amide bonds. The molecule has 1 aliphatic rings. The number of benzene rings is 6. The van der Waals surface area contributed by atoms with Gasteiger partial charge in [-0.1, -0.05) is 120 Å². The molecular weight excluding hydrogens is 482 g/mol. The van der Waals surface area contributed by atoms with Crippen molar-refractivity contribution in [2.75, 3.05) is 5.32 Å². The molecular formula is C39H35N. The monoisotopic (exact) mass is 517 g/mol. The van der Waals surface area contributed by atoms with Gasteiger partial charge in [0, 0.05) is 16.8 Å². The molecule has 0 atom stereocenters. The largest absolute Gasteiger partial charge is 0.356 e. The quantitative estimate of drug-likeness (QED) is 0.246. The molecule has 1 aliphatic carbocycles. The fourth-order valence-electron chi connectivity index (χ4n) is 6.56. The number of hydrogen-bond donors (Lipinski definition) is 1. The molecule has 0 fully saturated rings. The summed E-state index contributed by atoms with van der Waals surface area (Å²) in [6.07, 6.45) is 0. The van der Waals surface area contributed by atoms with Crippen LogP contribution in [0.15, 0.2) is 115 Å². The first-order valence-electron chi connectivity index (χ1n) is 14.3. The lowest BCUT2D eigenvalue weighted by Crippen LogP contribution is -2.15. The predicted octanol–water partition coefficient (Wildman–Crippen LogP) is 11.0. The molecule has 1 nitrogen and oxygen atoms in total. The molecule has 7 rings (SSSR count). The Bertz CT molecular complexity index is 1910. The maximum atomic E-state index is 3.67. The van der Waals surface area contributed by atoms with Crippen LogP contribution >= 0.6 is 0 Å². The predicted molar refractivity (Wildman–Crippen MR) is 173 cm³/mol. The van der Waals surface area contributed by atoms with Gasteiger partial charge in [-0.3, -0.25) is 0 Å². The Morgan fingerprint density at radius 1 is 0.525 bits per heavy atom. The second kappa shape index (κ2) is 8.83. The second-order valence-corrected chi connectivity index (χ2v) is 12.8. The van der Waals surface area contributed by atoms with Crippen LogP contribution in [0.5, 0.6) is 0 Å². The molecule has 0 unspecified atom stereocenters. The van der Waals surface area contributed by atoms with Crippen LogP contribution in [-0.4, -0.2) is 0 Å². The lowest BCUT2D eigenvalue weighted by Gasteiger charge is -2.24. The number of rotatable bonds is 3. The van der Waals surface area contributed by atoms with Crippen LogP contribution in [0.25, 0.3) is 43.8 Å². The maximum absolute atomic E-state index is 3.67. The van der Waals surface area contributed by atoms with Gasteiger partial charge in [-0.25, -0.2) is 0 Å². The average molecular weight is 518 g/mol. The molecule has 0 saturated heterocycles. The Labute approximate surface area is 237 Å². The van der Waals surface area contributed by atoms with Crippen molar-refractivity contribution in [1.82, 2.24) is 0 Å². The van der Waals surface area contributed by atoms with Gasteiger partial charge in [0.2, 0.25) is 0 Å². The van der Waals surface area contributed by atoms with Gasteiger partial charge >= 0.3 is 0 Å². The zero-order valence-electron chi connectivity index (χ0n) is 24.0. The summed E-state index contributed by atoms with van der Waals surface area (Å²) in [5.41, 5.74) is 11.7. The summed E-state index contributed by atoms with van der Waals surface area (Å²) in [5, 5.41) is 8.88. The first kappa shape index (κ1) is 24.7. The van der Waals surface area contributed by atoms with Gasteiger partial charge in [0.15, 0.2) is 0 Å². The van der Waals surface area contributed by atoms with E-state index in [4.69, 9.17) is 0 Å². The van der Waals surface area contributed by atoms with E-state index in [0.29, 0.717) is 0 Å². The summed E-state index contributed by atoms with van der Waals surface area (Å²) < 4.78 is 0. The number of nitrogens with one attached hydrogen (secondary N) is 1. The summed E-state index contributed by atoms with van der Waals surface area (Å²) in [4.78, 5) is 0. The van der Waals surface area contributed by atoms with E-state index >= 15 is 0 Å². The number of hydrogen-bond acceptors (Lipinski definition) is 1. The highest BCUT2D eigenvalue weighted by atomic mass is 14.9. The fourth-order valence-corrected chi connectivity index (χ4v) is 6.56. The molecule has 1 N–H and O–H groups in total. The summed E-state index contributed by atoms with van der Waals surface area (Å²) in [5.74, 6) is 0. The molecule has 40 heavy (non-hydrogen) atoms. The molecule has 6 aromatic carbocycles. The van der Waals surface area contributed by atoms with E-state index < -0.39 is 0 Å². The lowest BCUT2D eigenvalue weighted by molar-refractivity contribution is 0.590. The van der Waals surface area contributed by atoms with Crippen molar-refractivity contribution < 1.29 is 0 Å². The van der Waals surface area contributed by atoms with Crippen molar-refractivity contribution in [2.45, 2.75) is 45.4 Å². The molecule has 0 spiro atoms. The molecule has 0 heterocycles. The number of anilines is 2. The first-order valence-corrected chi connectivity index (χ1v) is 14.3. The number of fused-ring (bicyclic) bond motifs is 6. The average Bonchev–Trinajstić information content (AvgIpc) is 3.18. The molecule has 1 heteroatoms. The van der Waals surface area contributed by atoms with Crippen molar-refractivity contribution in [3.05, 3.63) is 132 Å². The van der Waals surface area contributed by atoms with Gasteiger partial charge in [-0.05, 0) is 96.2 Å². The molecule has 0 aliphatic heterocycles. The van der Waals surface area contributed by atoms with Crippen LogP contribution in [0.2, 0.25) is 0 Å². The molecule has 0 aromatic heterocycles. The van der Waals surface area contributed by atoms with Crippen molar-refractivity contribution in [2.24, 2.45) is 0 Å². The zero-order chi connectivity index (χ0) is 27.6. The Balaban J connectivity index is 1.37. The summed E-state index contributed by atoms with van der Waals surface area (Å²) >= 11 is 0. The lowest BCUT2D eigenvalue weighted by atomic mass is 9.80. The minimum Gasteiger partial charge on any atom is -0.356 e. The van der Waals surface area contributed by atoms with E-state index in [1.54, 1.807) is 0 Å². The maximum Gasteiger partial charge on any atom is 0.0387 e. The Morgan fingerprint density at radius 3 is 1.93 bits per heavy atom. The van der Waals surface area contributed by atoms with Crippen LogP contribution in [0, 0.1) is 0 Å². The van der Waals surface area contributed by atoms with Gasteiger partial charge in [0.05, 0.1) is 0 Å². The molecule has 0 bridgehead atoms. The Hall–Kier alpha value is -4.36. The van der Waals surface area contributed by atoms with Crippen LogP contribution in [0.1, 0.15) is 51.3 Å². The third-order valence-corrected chi connectivity index (χ3v) is 8.80. The topological polar surface area (TPSA) is 12.0 Å². The third kappa shape index (κ3) is 3.84. The van der Waals surface area contributed by atoms with E-state index in [1.807, 2.05) is 0 Å². The van der Waals surface area contributed by atoms with Crippen molar-refractivity contribution in [3.8, 4) is 22.3 Å². The van der Waals surface area contributed by atoms with Crippen LogP contribution < -0.4 is 5.32 Å². The molecule has 196 valence electrons. The highest BCUT2D eigenvalue weighted by molar-refractivity contribution is 6.12. The third-order valence-electron chi connectivity index (χ3n) is 8.80. The first-order chi connectivity index (χ1) is 19.2. The van der Waals surface area contributed by atoms with E-state index in [1.165, 1.54) is 60.5 Å². The van der Waals surface area contributed by atoms with Gasteiger partial charge in [0.1, 0.15) is 0 Å². The summed E-state index contributed by atoms with van der Waals surface area (Å²) in [7, 11) is 0. The smallest absolute Gasteiger partial charge is 0.0387 e. The molecule has 6 aromatic rings. The Kier molecular flexibility index (Phi) is 5.44. The second-order valence-electron chi connectivity index (χ2n) is 12.8. The SMILES string of the molecule is CC(C)(C)c1ccc(Nc2ccc3c(c2)C(C)(C)c2cc(-c4cccc5ccccc45)c4ccccc4c2-3)cc1. The van der Waals surface area contributed by atoms with Gasteiger partial charge in [0.25, 0.3) is 0 Å². The minimum atomic E-state index is -0.123. The normalized spacial score (nSPS) is 13.8. The van der Waals surface area contributed by atoms with Gasteiger partial charge in [-0.2, -0.15) is 0 Å². The summed E-state index contributed by atoms with van der Waals surface area (Å²) in [6, 6.07) is 42.6. The highest BCUT2D eigenvalue weighted by Crippen LogP contribution is 2.54. The fraction of sp³-hybridized carbons (Fsp3) is 0.179. The zero-order valence-corrected chi connectivity index (χ0v) is 24.0. The van der Waals surface area contributed by atoms with E-state index in [0.717, 1.165) is 11.4 Å². The Morgan fingerprint density at radius 2 is 1.18 bits per heavy atom. The minimum absolute atomic E-state index is 0.123. The van der Waals surface area contributed by atoms with E-state index in [9.17, 15) is 0 Å². The summed E-state index contributed by atoms with van der Waals surface area (Å²) in [6.45, 7) is 11.5. The molecule has 0 radical (unpaired) electrons. The van der Waals surface area contributed by atoms with Gasteiger partial charge < -0.3 is 5.32 Å². The van der Waals surface area contributed by atoms with Crippen molar-refractivity contribution in [3.63, 3.8) is 0 Å².